The summed E-state index contributed by atoms with van der Waals surface area (Å²) in [5.41, 5.74) is 4.53. The lowest BCUT2D eigenvalue weighted by Crippen LogP contribution is -2.12. The largest absolute Gasteiger partial charge is 0.441 e. The molecule has 0 radical (unpaired) electrons. The molecule has 1 aliphatic rings. The number of rotatable bonds is 5. The molecule has 0 fully saturated rings. The second kappa shape index (κ2) is 7.34. The zero-order chi connectivity index (χ0) is 17.9. The third kappa shape index (κ3) is 3.81. The maximum absolute atomic E-state index is 12.2. The number of aryl methyl sites for hydroxylation is 3. The number of oxazole rings is 1. The first-order valence-corrected chi connectivity index (χ1v) is 9.17. The number of amides is 1. The van der Waals surface area contributed by atoms with Crippen LogP contribution >= 0.6 is 11.6 Å². The van der Waals surface area contributed by atoms with Gasteiger partial charge in [-0.15, -0.1) is 0 Å². The molecule has 1 aliphatic carbocycles. The number of halogens is 1. The van der Waals surface area contributed by atoms with Gasteiger partial charge in [-0.3, -0.25) is 4.79 Å². The molecular weight excluding hydrogens is 348 g/mol. The van der Waals surface area contributed by atoms with Crippen molar-refractivity contribution in [2.75, 3.05) is 5.32 Å². The Balaban J connectivity index is 1.34. The van der Waals surface area contributed by atoms with Gasteiger partial charge in [0.25, 0.3) is 0 Å². The molecule has 0 aliphatic heterocycles. The maximum atomic E-state index is 12.2. The van der Waals surface area contributed by atoms with Crippen molar-refractivity contribution in [1.82, 2.24) is 4.98 Å². The van der Waals surface area contributed by atoms with E-state index in [0.717, 1.165) is 24.1 Å². The molecule has 1 N–H and O–H groups in total. The number of aromatic nitrogens is 1. The summed E-state index contributed by atoms with van der Waals surface area (Å²) in [6, 6.07) is 13.6. The van der Waals surface area contributed by atoms with Gasteiger partial charge in [0.15, 0.2) is 11.7 Å². The molecule has 1 heterocycles. The molecule has 0 saturated carbocycles. The monoisotopic (exact) mass is 366 g/mol. The van der Waals surface area contributed by atoms with Crippen LogP contribution in [0.4, 0.5) is 5.69 Å². The predicted molar refractivity (Wildman–Crippen MR) is 102 cm³/mol. The van der Waals surface area contributed by atoms with E-state index in [2.05, 4.69) is 22.4 Å². The summed E-state index contributed by atoms with van der Waals surface area (Å²) in [5, 5.41) is 3.64. The molecule has 5 heteroatoms. The first kappa shape index (κ1) is 16.9. The van der Waals surface area contributed by atoms with Gasteiger partial charge in [-0.25, -0.2) is 4.98 Å². The molecule has 4 nitrogen and oxygen atoms in total. The highest BCUT2D eigenvalue weighted by Crippen LogP contribution is 2.25. The lowest BCUT2D eigenvalue weighted by Gasteiger charge is -2.07. The minimum Gasteiger partial charge on any atom is -0.441 e. The van der Waals surface area contributed by atoms with E-state index in [9.17, 15) is 4.79 Å². The topological polar surface area (TPSA) is 55.1 Å². The average Bonchev–Trinajstić information content (AvgIpc) is 3.29. The zero-order valence-electron chi connectivity index (χ0n) is 14.3. The van der Waals surface area contributed by atoms with Gasteiger partial charge < -0.3 is 9.73 Å². The summed E-state index contributed by atoms with van der Waals surface area (Å²) >= 11 is 5.90. The van der Waals surface area contributed by atoms with Crippen molar-refractivity contribution in [2.45, 2.75) is 32.1 Å². The number of hydrogen-bond acceptors (Lipinski definition) is 3. The minimum absolute atomic E-state index is 0.0332. The van der Waals surface area contributed by atoms with Crippen LogP contribution < -0.4 is 5.32 Å². The van der Waals surface area contributed by atoms with Crippen LogP contribution in [0.25, 0.3) is 11.3 Å². The van der Waals surface area contributed by atoms with Crippen LogP contribution in [0, 0.1) is 0 Å². The Kier molecular flexibility index (Phi) is 4.76. The Morgan fingerprint density at radius 1 is 1.12 bits per heavy atom. The van der Waals surface area contributed by atoms with E-state index in [-0.39, 0.29) is 5.91 Å². The molecular formula is C21H19ClN2O2. The highest BCUT2D eigenvalue weighted by molar-refractivity contribution is 6.30. The zero-order valence-corrected chi connectivity index (χ0v) is 15.1. The van der Waals surface area contributed by atoms with Crippen LogP contribution in [0.2, 0.25) is 5.02 Å². The Morgan fingerprint density at radius 3 is 2.77 bits per heavy atom. The quantitative estimate of drug-likeness (QED) is 0.687. The van der Waals surface area contributed by atoms with E-state index >= 15 is 0 Å². The molecule has 0 spiro atoms. The number of benzene rings is 2. The van der Waals surface area contributed by atoms with Crippen molar-refractivity contribution in [1.29, 1.82) is 0 Å². The highest BCUT2D eigenvalue weighted by atomic mass is 35.5. The minimum atomic E-state index is -0.0332. The van der Waals surface area contributed by atoms with Gasteiger partial charge in [-0.2, -0.15) is 0 Å². The summed E-state index contributed by atoms with van der Waals surface area (Å²) in [4.78, 5) is 16.5. The maximum Gasteiger partial charge on any atom is 0.224 e. The number of nitrogens with zero attached hydrogens (tertiary/aromatic N) is 1. The number of nitrogens with one attached hydrogen (secondary N) is 1. The van der Waals surface area contributed by atoms with Gasteiger partial charge >= 0.3 is 0 Å². The van der Waals surface area contributed by atoms with Crippen molar-refractivity contribution in [3.63, 3.8) is 0 Å². The fourth-order valence-corrected chi connectivity index (χ4v) is 3.39. The Hall–Kier alpha value is -2.59. The van der Waals surface area contributed by atoms with Gasteiger partial charge in [-0.1, -0.05) is 17.7 Å². The molecule has 0 unspecified atom stereocenters. The second-order valence-corrected chi connectivity index (χ2v) is 6.95. The number of carbonyl (C=O) groups excluding carboxylic acids is 1. The third-order valence-corrected chi connectivity index (χ3v) is 4.88. The number of carbonyl (C=O) groups is 1. The van der Waals surface area contributed by atoms with E-state index in [0.29, 0.717) is 29.5 Å². The van der Waals surface area contributed by atoms with Crippen LogP contribution in [-0.2, 0) is 24.1 Å². The van der Waals surface area contributed by atoms with Crippen LogP contribution in [0.15, 0.2) is 53.1 Å². The van der Waals surface area contributed by atoms with E-state index in [1.807, 2.05) is 30.3 Å². The van der Waals surface area contributed by atoms with Crippen molar-refractivity contribution in [2.24, 2.45) is 0 Å². The normalized spacial score (nSPS) is 12.8. The summed E-state index contributed by atoms with van der Waals surface area (Å²) in [6.07, 6.45) is 5.92. The molecule has 1 amide bonds. The summed E-state index contributed by atoms with van der Waals surface area (Å²) in [5.74, 6) is 1.20. The highest BCUT2D eigenvalue weighted by Gasteiger charge is 2.13. The van der Waals surface area contributed by atoms with Crippen LogP contribution in [0.3, 0.4) is 0 Å². The number of anilines is 1. The molecule has 1 aromatic heterocycles. The summed E-state index contributed by atoms with van der Waals surface area (Å²) < 4.78 is 5.74. The molecule has 3 aromatic rings. The van der Waals surface area contributed by atoms with Crippen LogP contribution in [0.1, 0.15) is 29.9 Å². The lowest BCUT2D eigenvalue weighted by atomic mass is 10.1. The van der Waals surface area contributed by atoms with Gasteiger partial charge in [0.2, 0.25) is 5.91 Å². The fraction of sp³-hybridized carbons (Fsp3) is 0.238. The molecule has 0 saturated heterocycles. The van der Waals surface area contributed by atoms with Crippen molar-refractivity contribution in [3.05, 3.63) is 70.7 Å². The van der Waals surface area contributed by atoms with E-state index in [1.54, 1.807) is 6.20 Å². The average molecular weight is 367 g/mol. The number of hydrogen-bond donors (Lipinski definition) is 1. The molecule has 0 bridgehead atoms. The summed E-state index contributed by atoms with van der Waals surface area (Å²) in [6.45, 7) is 0. The fourth-order valence-electron chi connectivity index (χ4n) is 3.27. The van der Waals surface area contributed by atoms with Crippen molar-refractivity contribution < 1.29 is 9.21 Å². The second-order valence-electron chi connectivity index (χ2n) is 6.51. The SMILES string of the molecule is O=C(CCc1ncc(-c2ccc(Cl)cc2)o1)Nc1ccc2c(c1)CCC2. The predicted octanol–water partition coefficient (Wildman–Crippen LogP) is 5.06. The van der Waals surface area contributed by atoms with Gasteiger partial charge in [0.1, 0.15) is 0 Å². The first-order chi connectivity index (χ1) is 12.7. The molecule has 132 valence electrons. The third-order valence-electron chi connectivity index (χ3n) is 4.63. The molecule has 0 atom stereocenters. The van der Waals surface area contributed by atoms with Gasteiger partial charge in [0.05, 0.1) is 6.20 Å². The Morgan fingerprint density at radius 2 is 1.92 bits per heavy atom. The van der Waals surface area contributed by atoms with Crippen LogP contribution in [-0.4, -0.2) is 10.9 Å². The molecule has 4 rings (SSSR count). The lowest BCUT2D eigenvalue weighted by molar-refractivity contribution is -0.116. The van der Waals surface area contributed by atoms with E-state index in [1.165, 1.54) is 17.5 Å². The smallest absolute Gasteiger partial charge is 0.224 e. The van der Waals surface area contributed by atoms with Crippen molar-refractivity contribution >= 4 is 23.2 Å². The van der Waals surface area contributed by atoms with E-state index < -0.39 is 0 Å². The van der Waals surface area contributed by atoms with Crippen molar-refractivity contribution in [3.8, 4) is 11.3 Å². The molecule has 26 heavy (non-hydrogen) atoms. The van der Waals surface area contributed by atoms with Gasteiger partial charge in [0, 0.05) is 29.1 Å². The van der Waals surface area contributed by atoms with Crippen LogP contribution in [0.5, 0.6) is 0 Å². The molecule has 2 aromatic carbocycles. The van der Waals surface area contributed by atoms with E-state index in [4.69, 9.17) is 16.0 Å². The van der Waals surface area contributed by atoms with Gasteiger partial charge in [-0.05, 0) is 66.8 Å². The summed E-state index contributed by atoms with van der Waals surface area (Å²) in [7, 11) is 0. The first-order valence-electron chi connectivity index (χ1n) is 8.80. The number of fused-ring (bicyclic) bond motifs is 1. The Bertz CT molecular complexity index is 931. The Labute approximate surface area is 157 Å². The standard InChI is InChI=1S/C21H19ClN2O2/c22-17-7-4-15(5-8-17)19-13-23-21(26-19)11-10-20(25)24-18-9-6-14-2-1-3-16(14)12-18/h4-9,12-13H,1-3,10-11H2,(H,24,25).